The molecule has 5 nitrogen and oxygen atoms in total. The van der Waals surface area contributed by atoms with Gasteiger partial charge in [-0.2, -0.15) is 4.98 Å². The number of rotatable bonds is 3. The second-order valence-corrected chi connectivity index (χ2v) is 6.53. The first kappa shape index (κ1) is 15.2. The summed E-state index contributed by atoms with van der Waals surface area (Å²) in [4.78, 5) is 13.8. The van der Waals surface area contributed by atoms with E-state index in [0.29, 0.717) is 5.95 Å². The van der Waals surface area contributed by atoms with Crippen LogP contribution in [-0.4, -0.2) is 48.1 Å². The summed E-state index contributed by atoms with van der Waals surface area (Å²) < 4.78 is 1.06. The SMILES string of the molecule is Cc1cc(N2CCN(C)CC2)nc(Nc2ccc(Br)cc2)n1. The summed E-state index contributed by atoms with van der Waals surface area (Å²) in [5.74, 6) is 1.65. The highest BCUT2D eigenvalue weighted by Gasteiger charge is 2.16. The molecule has 1 aliphatic rings. The van der Waals surface area contributed by atoms with Crippen LogP contribution in [0.3, 0.4) is 0 Å². The Hall–Kier alpha value is -1.66. The normalized spacial score (nSPS) is 15.9. The maximum Gasteiger partial charge on any atom is 0.229 e. The van der Waals surface area contributed by atoms with Gasteiger partial charge in [0.05, 0.1) is 0 Å². The van der Waals surface area contributed by atoms with Crippen molar-refractivity contribution in [2.75, 3.05) is 43.4 Å². The first-order valence-electron chi connectivity index (χ1n) is 7.42. The Morgan fingerprint density at radius 2 is 1.73 bits per heavy atom. The van der Waals surface area contributed by atoms with E-state index < -0.39 is 0 Å². The van der Waals surface area contributed by atoms with Crippen molar-refractivity contribution < 1.29 is 0 Å². The molecule has 116 valence electrons. The van der Waals surface area contributed by atoms with E-state index in [1.54, 1.807) is 0 Å². The second-order valence-electron chi connectivity index (χ2n) is 5.61. The summed E-state index contributed by atoms with van der Waals surface area (Å²) in [6.45, 7) is 6.15. The van der Waals surface area contributed by atoms with Gasteiger partial charge in [-0.25, -0.2) is 4.98 Å². The Kier molecular flexibility index (Phi) is 4.59. The van der Waals surface area contributed by atoms with Gasteiger partial charge in [-0.05, 0) is 38.2 Å². The highest BCUT2D eigenvalue weighted by atomic mass is 79.9. The monoisotopic (exact) mass is 361 g/mol. The number of piperazine rings is 1. The van der Waals surface area contributed by atoms with Crippen LogP contribution >= 0.6 is 15.9 Å². The third-order valence-electron chi connectivity index (χ3n) is 3.77. The first-order chi connectivity index (χ1) is 10.6. The maximum absolute atomic E-state index is 4.67. The molecule has 22 heavy (non-hydrogen) atoms. The van der Waals surface area contributed by atoms with Crippen molar-refractivity contribution in [3.05, 3.63) is 40.5 Å². The molecule has 1 N–H and O–H groups in total. The lowest BCUT2D eigenvalue weighted by Gasteiger charge is -2.33. The first-order valence-corrected chi connectivity index (χ1v) is 8.21. The van der Waals surface area contributed by atoms with Crippen molar-refractivity contribution in [3.63, 3.8) is 0 Å². The molecule has 0 saturated carbocycles. The Bertz CT molecular complexity index is 635. The van der Waals surface area contributed by atoms with Gasteiger partial charge in [0.1, 0.15) is 5.82 Å². The number of nitrogens with one attached hydrogen (secondary N) is 1. The fourth-order valence-electron chi connectivity index (χ4n) is 2.47. The molecule has 1 saturated heterocycles. The van der Waals surface area contributed by atoms with Crippen LogP contribution in [0.25, 0.3) is 0 Å². The zero-order chi connectivity index (χ0) is 15.5. The minimum Gasteiger partial charge on any atom is -0.354 e. The van der Waals surface area contributed by atoms with Crippen LogP contribution in [0.15, 0.2) is 34.8 Å². The zero-order valence-electron chi connectivity index (χ0n) is 12.9. The van der Waals surface area contributed by atoms with Crippen molar-refractivity contribution in [2.24, 2.45) is 0 Å². The van der Waals surface area contributed by atoms with Gasteiger partial charge in [0.25, 0.3) is 0 Å². The van der Waals surface area contributed by atoms with Crippen molar-refractivity contribution in [1.82, 2.24) is 14.9 Å². The molecule has 0 spiro atoms. The number of hydrogen-bond donors (Lipinski definition) is 1. The van der Waals surface area contributed by atoms with Gasteiger partial charge in [-0.3, -0.25) is 0 Å². The highest BCUT2D eigenvalue weighted by molar-refractivity contribution is 9.10. The average molecular weight is 362 g/mol. The summed E-state index contributed by atoms with van der Waals surface area (Å²) in [7, 11) is 2.16. The van der Waals surface area contributed by atoms with Crippen molar-refractivity contribution >= 4 is 33.4 Å². The smallest absolute Gasteiger partial charge is 0.229 e. The molecule has 0 amide bonds. The van der Waals surface area contributed by atoms with Gasteiger partial charge >= 0.3 is 0 Å². The maximum atomic E-state index is 4.67. The lowest BCUT2D eigenvalue weighted by Crippen LogP contribution is -2.44. The molecular weight excluding hydrogens is 342 g/mol. The van der Waals surface area contributed by atoms with Crippen LogP contribution in [0, 0.1) is 6.92 Å². The van der Waals surface area contributed by atoms with E-state index in [0.717, 1.165) is 47.9 Å². The predicted molar refractivity (Wildman–Crippen MR) is 93.9 cm³/mol. The van der Waals surface area contributed by atoms with Gasteiger partial charge in [-0.1, -0.05) is 15.9 Å². The fraction of sp³-hybridized carbons (Fsp3) is 0.375. The van der Waals surface area contributed by atoms with Gasteiger partial charge in [0, 0.05) is 48.1 Å². The molecule has 6 heteroatoms. The van der Waals surface area contributed by atoms with E-state index in [-0.39, 0.29) is 0 Å². The van der Waals surface area contributed by atoms with Crippen molar-refractivity contribution in [3.8, 4) is 0 Å². The average Bonchev–Trinajstić information content (AvgIpc) is 2.50. The van der Waals surface area contributed by atoms with E-state index in [4.69, 9.17) is 0 Å². The van der Waals surface area contributed by atoms with Crippen LogP contribution in [0.5, 0.6) is 0 Å². The van der Waals surface area contributed by atoms with E-state index in [1.807, 2.05) is 31.2 Å². The number of likely N-dealkylation sites (N-methyl/N-ethyl adjacent to an activating group) is 1. The molecule has 2 aromatic rings. The number of aryl methyl sites for hydroxylation is 1. The number of nitrogens with zero attached hydrogens (tertiary/aromatic N) is 4. The fourth-order valence-corrected chi connectivity index (χ4v) is 2.73. The van der Waals surface area contributed by atoms with Gasteiger partial charge in [0.2, 0.25) is 5.95 Å². The van der Waals surface area contributed by atoms with E-state index in [9.17, 15) is 0 Å². The third-order valence-corrected chi connectivity index (χ3v) is 4.30. The molecule has 0 aliphatic carbocycles. The third kappa shape index (κ3) is 3.75. The standard InChI is InChI=1S/C16H20BrN5/c1-12-11-15(22-9-7-21(2)8-10-22)20-16(18-12)19-14-5-3-13(17)4-6-14/h3-6,11H,7-10H2,1-2H3,(H,18,19,20). The molecule has 1 fully saturated rings. The molecule has 3 rings (SSSR count). The van der Waals surface area contributed by atoms with Crippen LogP contribution in [0.2, 0.25) is 0 Å². The summed E-state index contributed by atoms with van der Waals surface area (Å²) in [5.41, 5.74) is 1.96. The Labute approximate surface area is 139 Å². The largest absolute Gasteiger partial charge is 0.354 e. The van der Waals surface area contributed by atoms with Crippen molar-refractivity contribution in [2.45, 2.75) is 6.92 Å². The Morgan fingerprint density at radius 1 is 1.05 bits per heavy atom. The van der Waals surface area contributed by atoms with E-state index in [1.165, 1.54) is 0 Å². The topological polar surface area (TPSA) is 44.3 Å². The number of anilines is 3. The molecule has 0 radical (unpaired) electrons. The number of halogens is 1. The van der Waals surface area contributed by atoms with Gasteiger partial charge in [0.15, 0.2) is 0 Å². The predicted octanol–water partition coefficient (Wildman–Crippen LogP) is 3.04. The van der Waals surface area contributed by atoms with Crippen LogP contribution in [0.4, 0.5) is 17.5 Å². The van der Waals surface area contributed by atoms with E-state index >= 15 is 0 Å². The second kappa shape index (κ2) is 6.62. The van der Waals surface area contributed by atoms with Crippen LogP contribution in [-0.2, 0) is 0 Å². The van der Waals surface area contributed by atoms with Crippen molar-refractivity contribution in [1.29, 1.82) is 0 Å². The molecular formula is C16H20BrN5. The van der Waals surface area contributed by atoms with Gasteiger partial charge < -0.3 is 15.1 Å². The summed E-state index contributed by atoms with van der Waals surface area (Å²) >= 11 is 3.44. The molecule has 1 aliphatic heterocycles. The summed E-state index contributed by atoms with van der Waals surface area (Å²) in [6, 6.07) is 10.1. The summed E-state index contributed by atoms with van der Waals surface area (Å²) in [5, 5.41) is 3.28. The minimum absolute atomic E-state index is 0.649. The molecule has 1 aromatic heterocycles. The number of benzene rings is 1. The minimum atomic E-state index is 0.649. The Morgan fingerprint density at radius 3 is 2.41 bits per heavy atom. The molecule has 2 heterocycles. The highest BCUT2D eigenvalue weighted by Crippen LogP contribution is 2.20. The molecule has 0 unspecified atom stereocenters. The van der Waals surface area contributed by atoms with Crippen LogP contribution < -0.4 is 10.2 Å². The lowest BCUT2D eigenvalue weighted by molar-refractivity contribution is 0.312. The van der Waals surface area contributed by atoms with Gasteiger partial charge in [-0.15, -0.1) is 0 Å². The lowest BCUT2D eigenvalue weighted by atomic mass is 10.3. The van der Waals surface area contributed by atoms with Crippen LogP contribution in [0.1, 0.15) is 5.69 Å². The summed E-state index contributed by atoms with van der Waals surface area (Å²) in [6.07, 6.45) is 0. The Balaban J connectivity index is 1.79. The molecule has 0 atom stereocenters. The number of hydrogen-bond acceptors (Lipinski definition) is 5. The quantitative estimate of drug-likeness (QED) is 0.909. The number of aromatic nitrogens is 2. The molecule has 0 bridgehead atoms. The van der Waals surface area contributed by atoms with E-state index in [2.05, 4.69) is 54.1 Å². The molecule has 1 aromatic carbocycles. The zero-order valence-corrected chi connectivity index (χ0v) is 14.5.